The van der Waals surface area contributed by atoms with Crippen LogP contribution in [0.5, 0.6) is 5.75 Å². The molecule has 46 heavy (non-hydrogen) atoms. The van der Waals surface area contributed by atoms with Gasteiger partial charge in [0, 0.05) is 19.5 Å². The van der Waals surface area contributed by atoms with E-state index in [2.05, 4.69) is 5.32 Å². The van der Waals surface area contributed by atoms with Gasteiger partial charge in [0.25, 0.3) is 0 Å². The van der Waals surface area contributed by atoms with Gasteiger partial charge in [-0.1, -0.05) is 96.9 Å². The Bertz CT molecular complexity index is 1710. The van der Waals surface area contributed by atoms with Gasteiger partial charge in [-0.15, -0.1) is 0 Å². The van der Waals surface area contributed by atoms with Gasteiger partial charge >= 0.3 is 0 Å². The predicted molar refractivity (Wildman–Crippen MR) is 184 cm³/mol. The number of ether oxygens (including phenoxy) is 1. The van der Waals surface area contributed by atoms with E-state index in [-0.39, 0.29) is 24.6 Å². The number of anilines is 1. The maximum absolute atomic E-state index is 14.2. The molecule has 1 N–H and O–H groups in total. The number of halogens is 2. The highest BCUT2D eigenvalue weighted by atomic mass is 35.5. The van der Waals surface area contributed by atoms with Crippen molar-refractivity contribution < 1.29 is 22.7 Å². The Kier molecular flexibility index (Phi) is 12.5. The number of nitrogens with zero attached hydrogens (tertiary/aromatic N) is 2. The minimum atomic E-state index is -3.91. The fourth-order valence-corrected chi connectivity index (χ4v) is 5.99. The second-order valence-electron chi connectivity index (χ2n) is 10.8. The van der Waals surface area contributed by atoms with Crippen LogP contribution in [0.1, 0.15) is 30.0 Å². The van der Waals surface area contributed by atoms with Gasteiger partial charge in [0.15, 0.2) is 0 Å². The highest BCUT2D eigenvalue weighted by Crippen LogP contribution is 2.26. The first-order chi connectivity index (χ1) is 22.0. The summed E-state index contributed by atoms with van der Waals surface area (Å²) in [4.78, 5) is 29.3. The minimum Gasteiger partial charge on any atom is -0.489 e. The first kappa shape index (κ1) is 34.8. The van der Waals surface area contributed by atoms with E-state index in [9.17, 15) is 18.0 Å². The number of sulfonamides is 1. The lowest BCUT2D eigenvalue weighted by Gasteiger charge is -2.33. The largest absolute Gasteiger partial charge is 0.489 e. The Morgan fingerprint density at radius 1 is 0.826 bits per heavy atom. The molecule has 242 valence electrons. The van der Waals surface area contributed by atoms with Crippen molar-refractivity contribution >= 4 is 50.7 Å². The number of carbonyl (C=O) groups is 2. The average Bonchev–Trinajstić information content (AvgIpc) is 3.05. The maximum Gasteiger partial charge on any atom is 0.244 e. The monoisotopic (exact) mass is 681 g/mol. The molecule has 1 atom stereocenters. The van der Waals surface area contributed by atoms with Crippen LogP contribution in [0, 0.1) is 0 Å². The first-order valence-corrected chi connectivity index (χ1v) is 17.4. The van der Waals surface area contributed by atoms with Crippen LogP contribution in [0.4, 0.5) is 5.69 Å². The second kappa shape index (κ2) is 16.5. The van der Waals surface area contributed by atoms with E-state index in [0.717, 1.165) is 21.7 Å². The molecular weight excluding hydrogens is 645 g/mol. The van der Waals surface area contributed by atoms with Gasteiger partial charge in [0.1, 0.15) is 24.9 Å². The fraction of sp³-hybridized carbons (Fsp3) is 0.257. The van der Waals surface area contributed by atoms with E-state index in [1.807, 2.05) is 67.6 Å². The molecule has 0 bridgehead atoms. The number of rotatable bonds is 15. The molecule has 0 aromatic heterocycles. The molecule has 0 heterocycles. The van der Waals surface area contributed by atoms with E-state index < -0.39 is 28.5 Å². The summed E-state index contributed by atoms with van der Waals surface area (Å²) in [6.07, 6.45) is 1.96. The van der Waals surface area contributed by atoms with Gasteiger partial charge in [0.05, 0.1) is 22.0 Å². The van der Waals surface area contributed by atoms with E-state index in [0.29, 0.717) is 40.9 Å². The number of hydrogen-bond acceptors (Lipinski definition) is 5. The molecule has 4 aromatic rings. The fourth-order valence-electron chi connectivity index (χ4n) is 4.82. The number of nitrogens with one attached hydrogen (secondary N) is 1. The lowest BCUT2D eigenvalue weighted by Crippen LogP contribution is -2.53. The Labute approximate surface area is 280 Å². The summed E-state index contributed by atoms with van der Waals surface area (Å²) in [5.41, 5.74) is 2.75. The van der Waals surface area contributed by atoms with Crippen LogP contribution in [0.25, 0.3) is 0 Å². The molecular formula is C35H37Cl2N3O5S. The Hall–Kier alpha value is -4.05. The summed E-state index contributed by atoms with van der Waals surface area (Å²) in [5, 5.41) is 3.56. The zero-order valence-corrected chi connectivity index (χ0v) is 28.1. The van der Waals surface area contributed by atoms with Crippen molar-refractivity contribution in [1.29, 1.82) is 0 Å². The topological polar surface area (TPSA) is 96.0 Å². The molecule has 0 aliphatic heterocycles. The number of benzene rings is 4. The summed E-state index contributed by atoms with van der Waals surface area (Å²) < 4.78 is 33.0. The third-order valence-corrected chi connectivity index (χ3v) is 9.09. The molecule has 0 saturated heterocycles. The third kappa shape index (κ3) is 9.97. The molecule has 0 unspecified atom stereocenters. The van der Waals surface area contributed by atoms with E-state index >= 15 is 0 Å². The SMILES string of the molecule is CCCNC(=O)[C@@H](Cc1ccccc1)N(Cc1ccc(Cl)c(Cl)c1)C(=O)CN(c1ccc(OCc2ccccc2)cc1)S(C)(=O)=O. The van der Waals surface area contributed by atoms with Crippen molar-refractivity contribution in [3.8, 4) is 5.75 Å². The lowest BCUT2D eigenvalue weighted by molar-refractivity contribution is -0.140. The molecule has 2 amide bonds. The predicted octanol–water partition coefficient (Wildman–Crippen LogP) is 6.50. The zero-order valence-electron chi connectivity index (χ0n) is 25.7. The zero-order chi connectivity index (χ0) is 33.1. The molecule has 0 aliphatic rings. The summed E-state index contributed by atoms with van der Waals surface area (Å²) in [6, 6.07) is 29.6. The van der Waals surface area contributed by atoms with E-state index in [4.69, 9.17) is 27.9 Å². The average molecular weight is 683 g/mol. The van der Waals surface area contributed by atoms with Gasteiger partial charge in [-0.25, -0.2) is 8.42 Å². The summed E-state index contributed by atoms with van der Waals surface area (Å²) in [7, 11) is -3.91. The second-order valence-corrected chi connectivity index (χ2v) is 13.5. The normalized spacial score (nSPS) is 11.8. The molecule has 4 aromatic carbocycles. The summed E-state index contributed by atoms with van der Waals surface area (Å²) in [6.45, 7) is 2.18. The molecule has 8 nitrogen and oxygen atoms in total. The Morgan fingerprint density at radius 3 is 2.04 bits per heavy atom. The summed E-state index contributed by atoms with van der Waals surface area (Å²) >= 11 is 12.4. The van der Waals surface area contributed by atoms with Crippen molar-refractivity contribution in [2.24, 2.45) is 0 Å². The van der Waals surface area contributed by atoms with Gasteiger partial charge in [-0.2, -0.15) is 0 Å². The maximum atomic E-state index is 14.2. The van der Waals surface area contributed by atoms with Crippen LogP contribution in [0.15, 0.2) is 103 Å². The molecule has 0 fully saturated rings. The molecule has 11 heteroatoms. The highest BCUT2D eigenvalue weighted by Gasteiger charge is 2.33. The first-order valence-electron chi connectivity index (χ1n) is 14.8. The lowest BCUT2D eigenvalue weighted by atomic mass is 10.0. The van der Waals surface area contributed by atoms with Crippen molar-refractivity contribution in [3.63, 3.8) is 0 Å². The Morgan fingerprint density at radius 2 is 1.46 bits per heavy atom. The van der Waals surface area contributed by atoms with E-state index in [1.54, 1.807) is 42.5 Å². The van der Waals surface area contributed by atoms with Crippen LogP contribution in [0.2, 0.25) is 10.0 Å². The molecule has 0 aliphatic carbocycles. The van der Waals surface area contributed by atoms with Crippen LogP contribution in [0.3, 0.4) is 0 Å². The summed E-state index contributed by atoms with van der Waals surface area (Å²) in [5.74, 6) is -0.359. The van der Waals surface area contributed by atoms with Crippen LogP contribution >= 0.6 is 23.2 Å². The number of hydrogen-bond donors (Lipinski definition) is 1. The van der Waals surface area contributed by atoms with Crippen molar-refractivity contribution in [2.45, 2.75) is 39.0 Å². The molecule has 0 saturated carbocycles. The van der Waals surface area contributed by atoms with Crippen molar-refractivity contribution in [1.82, 2.24) is 10.2 Å². The Balaban J connectivity index is 1.65. The third-order valence-electron chi connectivity index (χ3n) is 7.21. The van der Waals surface area contributed by atoms with Crippen LogP contribution in [-0.4, -0.2) is 50.5 Å². The number of carbonyl (C=O) groups excluding carboxylic acids is 2. The number of amides is 2. The molecule has 0 radical (unpaired) electrons. The molecule has 0 spiro atoms. The quantitative estimate of drug-likeness (QED) is 0.154. The van der Waals surface area contributed by atoms with Crippen molar-refractivity contribution in [2.75, 3.05) is 23.7 Å². The standard InChI is InChI=1S/C35H37Cl2N3O5S/c1-3-20-38-35(42)33(22-26-10-6-4-7-11-26)39(23-28-14-19-31(36)32(37)21-28)34(41)24-40(46(2,43)44)29-15-17-30(18-16-29)45-25-27-12-8-5-9-13-27/h4-19,21,33H,3,20,22-25H2,1-2H3,(H,38,42)/t33-/m1/s1. The minimum absolute atomic E-state index is 0.00334. The van der Waals surface area contributed by atoms with Gasteiger partial charge < -0.3 is 15.0 Å². The van der Waals surface area contributed by atoms with Crippen LogP contribution in [-0.2, 0) is 39.2 Å². The van der Waals surface area contributed by atoms with E-state index in [1.165, 1.54) is 4.90 Å². The van der Waals surface area contributed by atoms with Gasteiger partial charge in [-0.05, 0) is 59.5 Å². The smallest absolute Gasteiger partial charge is 0.244 e. The van der Waals surface area contributed by atoms with Crippen LogP contribution < -0.4 is 14.4 Å². The van der Waals surface area contributed by atoms with Gasteiger partial charge in [0.2, 0.25) is 21.8 Å². The highest BCUT2D eigenvalue weighted by molar-refractivity contribution is 7.92. The van der Waals surface area contributed by atoms with Crippen molar-refractivity contribution in [3.05, 3.63) is 130 Å². The molecule has 4 rings (SSSR count). The van der Waals surface area contributed by atoms with Gasteiger partial charge in [-0.3, -0.25) is 13.9 Å².